The summed E-state index contributed by atoms with van der Waals surface area (Å²) in [5, 5.41) is 0.452. The minimum atomic E-state index is 0.257. The van der Waals surface area contributed by atoms with E-state index >= 15 is 0 Å². The van der Waals surface area contributed by atoms with Crippen molar-refractivity contribution < 1.29 is 4.42 Å². The molecule has 0 spiro atoms. The number of hydrogen-bond acceptors (Lipinski definition) is 2. The van der Waals surface area contributed by atoms with Crippen LogP contribution in [0.3, 0.4) is 0 Å². The summed E-state index contributed by atoms with van der Waals surface area (Å²) in [6, 6.07) is 3.91. The van der Waals surface area contributed by atoms with Gasteiger partial charge in [-0.25, -0.2) is 0 Å². The topological polar surface area (TPSA) is 39.2 Å². The van der Waals surface area contributed by atoms with Gasteiger partial charge in [0.1, 0.15) is 5.76 Å². The third kappa shape index (κ3) is 1.82. The summed E-state index contributed by atoms with van der Waals surface area (Å²) in [7, 11) is 0. The molecule has 12 heavy (non-hydrogen) atoms. The fraction of sp³-hybridized carbons (Fsp3) is 0.556. The van der Waals surface area contributed by atoms with Crippen molar-refractivity contribution in [2.75, 3.05) is 0 Å². The maximum atomic E-state index is 5.92. The van der Waals surface area contributed by atoms with Crippen molar-refractivity contribution in [2.45, 2.75) is 25.3 Å². The van der Waals surface area contributed by atoms with Crippen molar-refractivity contribution in [1.82, 2.24) is 0 Å². The molecule has 2 rings (SSSR count). The van der Waals surface area contributed by atoms with Gasteiger partial charge in [-0.15, -0.1) is 0 Å². The van der Waals surface area contributed by atoms with E-state index in [1.165, 1.54) is 12.8 Å². The molecular weight excluding hydrogens is 174 g/mol. The summed E-state index contributed by atoms with van der Waals surface area (Å²) in [4.78, 5) is 0. The van der Waals surface area contributed by atoms with E-state index in [-0.39, 0.29) is 6.04 Å². The second-order valence-corrected chi connectivity index (χ2v) is 3.78. The summed E-state index contributed by atoms with van der Waals surface area (Å²) in [5.41, 5.74) is 5.92. The van der Waals surface area contributed by atoms with E-state index in [1.54, 1.807) is 6.07 Å². The van der Waals surface area contributed by atoms with E-state index in [9.17, 15) is 0 Å². The molecule has 2 nitrogen and oxygen atoms in total. The zero-order valence-corrected chi connectivity index (χ0v) is 7.55. The third-order valence-electron chi connectivity index (χ3n) is 2.29. The molecule has 66 valence electrons. The highest BCUT2D eigenvalue weighted by atomic mass is 35.5. The lowest BCUT2D eigenvalue weighted by molar-refractivity contribution is 0.468. The van der Waals surface area contributed by atoms with Gasteiger partial charge in [0.2, 0.25) is 0 Å². The predicted molar refractivity (Wildman–Crippen MR) is 48.1 cm³/mol. The quantitative estimate of drug-likeness (QED) is 0.785. The molecule has 0 aliphatic heterocycles. The average Bonchev–Trinajstić information content (AvgIpc) is 2.78. The molecule has 0 bridgehead atoms. The number of furan rings is 1. The smallest absolute Gasteiger partial charge is 0.193 e. The highest BCUT2D eigenvalue weighted by Crippen LogP contribution is 2.33. The third-order valence-corrected chi connectivity index (χ3v) is 2.50. The predicted octanol–water partition coefficient (Wildman–Crippen LogP) is 2.21. The fourth-order valence-electron chi connectivity index (χ4n) is 1.38. The first-order chi connectivity index (χ1) is 5.75. The monoisotopic (exact) mass is 185 g/mol. The lowest BCUT2D eigenvalue weighted by Gasteiger charge is -2.06. The summed E-state index contributed by atoms with van der Waals surface area (Å²) in [6.07, 6.45) is 3.36. The highest BCUT2D eigenvalue weighted by molar-refractivity contribution is 6.28. The first-order valence-corrected chi connectivity index (χ1v) is 4.63. The Kier molecular flexibility index (Phi) is 2.11. The van der Waals surface area contributed by atoms with Crippen LogP contribution in [-0.2, 0) is 6.42 Å². The summed E-state index contributed by atoms with van der Waals surface area (Å²) >= 11 is 5.63. The maximum Gasteiger partial charge on any atom is 0.193 e. The van der Waals surface area contributed by atoms with Crippen molar-refractivity contribution in [3.8, 4) is 0 Å². The highest BCUT2D eigenvalue weighted by Gasteiger charge is 2.28. The van der Waals surface area contributed by atoms with Gasteiger partial charge >= 0.3 is 0 Å². The SMILES string of the molecule is NC(Cc1ccc(Cl)o1)C1CC1. The van der Waals surface area contributed by atoms with Gasteiger partial charge in [-0.1, -0.05) is 0 Å². The summed E-state index contributed by atoms with van der Waals surface area (Å²) < 4.78 is 5.22. The second kappa shape index (κ2) is 3.11. The van der Waals surface area contributed by atoms with Crippen LogP contribution in [0.2, 0.25) is 5.22 Å². The minimum Gasteiger partial charge on any atom is -0.450 e. The number of hydrogen-bond donors (Lipinski definition) is 1. The van der Waals surface area contributed by atoms with Crippen LogP contribution in [0.25, 0.3) is 0 Å². The van der Waals surface area contributed by atoms with E-state index in [0.717, 1.165) is 12.2 Å². The van der Waals surface area contributed by atoms with E-state index in [4.69, 9.17) is 21.8 Å². The molecule has 0 radical (unpaired) electrons. The molecule has 0 saturated heterocycles. The first kappa shape index (κ1) is 8.14. The Morgan fingerprint density at radius 2 is 2.33 bits per heavy atom. The number of halogens is 1. The van der Waals surface area contributed by atoms with Crippen LogP contribution in [0, 0.1) is 5.92 Å². The standard InChI is InChI=1S/C9H12ClNO/c10-9-4-3-7(12-9)5-8(11)6-1-2-6/h3-4,6,8H,1-2,5,11H2. The van der Waals surface area contributed by atoms with Gasteiger partial charge < -0.3 is 10.2 Å². The summed E-state index contributed by atoms with van der Waals surface area (Å²) in [5.74, 6) is 1.62. The Morgan fingerprint density at radius 1 is 1.58 bits per heavy atom. The normalized spacial score (nSPS) is 19.5. The van der Waals surface area contributed by atoms with Crippen molar-refractivity contribution in [3.05, 3.63) is 23.1 Å². The molecule has 1 fully saturated rings. The van der Waals surface area contributed by atoms with Gasteiger partial charge in [-0.05, 0) is 42.5 Å². The number of rotatable bonds is 3. The summed E-state index contributed by atoms with van der Waals surface area (Å²) in [6.45, 7) is 0. The van der Waals surface area contributed by atoms with Gasteiger partial charge in [0, 0.05) is 12.5 Å². The zero-order valence-electron chi connectivity index (χ0n) is 6.79. The maximum absolute atomic E-state index is 5.92. The fourth-order valence-corrected chi connectivity index (χ4v) is 1.55. The Morgan fingerprint density at radius 3 is 2.83 bits per heavy atom. The van der Waals surface area contributed by atoms with E-state index < -0.39 is 0 Å². The van der Waals surface area contributed by atoms with E-state index in [0.29, 0.717) is 11.1 Å². The molecule has 0 amide bonds. The van der Waals surface area contributed by atoms with Crippen LogP contribution < -0.4 is 5.73 Å². The van der Waals surface area contributed by atoms with Crippen LogP contribution >= 0.6 is 11.6 Å². The number of nitrogens with two attached hydrogens (primary N) is 1. The van der Waals surface area contributed by atoms with Crippen LogP contribution in [0.1, 0.15) is 18.6 Å². The van der Waals surface area contributed by atoms with E-state index in [2.05, 4.69) is 0 Å². The Balaban J connectivity index is 1.93. The van der Waals surface area contributed by atoms with Crippen LogP contribution in [0.4, 0.5) is 0 Å². The minimum absolute atomic E-state index is 0.257. The van der Waals surface area contributed by atoms with Gasteiger partial charge in [-0.2, -0.15) is 0 Å². The van der Waals surface area contributed by atoms with Crippen LogP contribution in [0.15, 0.2) is 16.5 Å². The van der Waals surface area contributed by atoms with Crippen molar-refractivity contribution in [3.63, 3.8) is 0 Å². The van der Waals surface area contributed by atoms with Crippen LogP contribution in [0.5, 0.6) is 0 Å². The molecule has 1 aromatic rings. The van der Waals surface area contributed by atoms with Gasteiger partial charge in [0.25, 0.3) is 0 Å². The van der Waals surface area contributed by atoms with Crippen molar-refractivity contribution in [2.24, 2.45) is 11.7 Å². The average molecular weight is 186 g/mol. The van der Waals surface area contributed by atoms with Gasteiger partial charge in [0.15, 0.2) is 5.22 Å². The van der Waals surface area contributed by atoms with E-state index in [1.807, 2.05) is 6.07 Å². The Labute approximate surface area is 76.7 Å². The Bertz CT molecular complexity index is 267. The lowest BCUT2D eigenvalue weighted by atomic mass is 10.1. The second-order valence-electron chi connectivity index (χ2n) is 3.41. The molecule has 1 heterocycles. The molecule has 1 aliphatic rings. The molecule has 1 aromatic heterocycles. The van der Waals surface area contributed by atoms with Crippen LogP contribution in [-0.4, -0.2) is 6.04 Å². The molecular formula is C9H12ClNO. The van der Waals surface area contributed by atoms with Gasteiger partial charge in [-0.3, -0.25) is 0 Å². The zero-order chi connectivity index (χ0) is 8.55. The van der Waals surface area contributed by atoms with Gasteiger partial charge in [0.05, 0.1) is 0 Å². The molecule has 1 atom stereocenters. The van der Waals surface area contributed by atoms with Crippen molar-refractivity contribution in [1.29, 1.82) is 0 Å². The largest absolute Gasteiger partial charge is 0.450 e. The van der Waals surface area contributed by atoms with Crippen molar-refractivity contribution >= 4 is 11.6 Å². The molecule has 1 aliphatic carbocycles. The molecule has 1 saturated carbocycles. The molecule has 0 aromatic carbocycles. The molecule has 3 heteroatoms. The Hall–Kier alpha value is -0.470. The molecule has 2 N–H and O–H groups in total. The first-order valence-electron chi connectivity index (χ1n) is 4.25. The molecule has 1 unspecified atom stereocenters. The lowest BCUT2D eigenvalue weighted by Crippen LogP contribution is -2.24.